The molecule has 2 aromatic heterocycles. The molecule has 1 atom stereocenters. The highest BCUT2D eigenvalue weighted by molar-refractivity contribution is 5.94. The van der Waals surface area contributed by atoms with Crippen LogP contribution in [-0.4, -0.2) is 32.7 Å². The van der Waals surface area contributed by atoms with Crippen LogP contribution in [0, 0.1) is 0 Å². The van der Waals surface area contributed by atoms with E-state index in [1.54, 1.807) is 6.20 Å². The van der Waals surface area contributed by atoms with Crippen LogP contribution in [0.1, 0.15) is 65.7 Å². The fourth-order valence-electron chi connectivity index (χ4n) is 3.64. The molecule has 0 radical (unpaired) electrons. The van der Waals surface area contributed by atoms with E-state index in [9.17, 15) is 4.79 Å². The van der Waals surface area contributed by atoms with Gasteiger partial charge in [0.2, 0.25) is 0 Å². The average molecular weight is 300 g/mol. The topological polar surface area (TPSA) is 75.0 Å². The summed E-state index contributed by atoms with van der Waals surface area (Å²) in [5, 5.41) is 11.1. The number of aromatic nitrogens is 3. The van der Waals surface area contributed by atoms with Crippen LogP contribution in [-0.2, 0) is 12.8 Å². The van der Waals surface area contributed by atoms with Gasteiger partial charge in [-0.15, -0.1) is 0 Å². The lowest BCUT2D eigenvalue weighted by molar-refractivity contribution is 0.0594. The third kappa shape index (κ3) is 2.23. The molecule has 1 amide bonds. The van der Waals surface area contributed by atoms with Crippen LogP contribution in [0.15, 0.2) is 16.8 Å². The van der Waals surface area contributed by atoms with Crippen LogP contribution in [0.3, 0.4) is 0 Å². The Hall–Kier alpha value is -2.11. The monoisotopic (exact) mass is 300 g/mol. The van der Waals surface area contributed by atoms with Gasteiger partial charge in [0.05, 0.1) is 11.7 Å². The second-order valence-electron chi connectivity index (χ2n) is 6.16. The summed E-state index contributed by atoms with van der Waals surface area (Å²) >= 11 is 0. The van der Waals surface area contributed by atoms with Crippen LogP contribution in [0.5, 0.6) is 0 Å². The fourth-order valence-corrected chi connectivity index (χ4v) is 3.64. The maximum Gasteiger partial charge on any atom is 0.276 e. The van der Waals surface area contributed by atoms with Gasteiger partial charge in [-0.1, -0.05) is 5.16 Å². The molecule has 1 aliphatic carbocycles. The standard InChI is InChI=1S/C16H20N4O2/c21-16(15-11-5-1-2-7-14(11)22-19-15)20-10-4-3-6-13(20)12-8-9-17-18-12/h8-9,13H,1-7,10H2,(H,17,18). The summed E-state index contributed by atoms with van der Waals surface area (Å²) in [4.78, 5) is 14.9. The van der Waals surface area contributed by atoms with E-state index in [2.05, 4.69) is 15.4 Å². The molecule has 22 heavy (non-hydrogen) atoms. The molecule has 1 saturated heterocycles. The predicted octanol–water partition coefficient (Wildman–Crippen LogP) is 2.64. The second-order valence-corrected chi connectivity index (χ2v) is 6.16. The van der Waals surface area contributed by atoms with Crippen molar-refractivity contribution in [3.8, 4) is 0 Å². The van der Waals surface area contributed by atoms with Gasteiger partial charge in [-0.3, -0.25) is 9.89 Å². The third-order valence-corrected chi connectivity index (χ3v) is 4.80. The molecule has 2 aromatic rings. The zero-order chi connectivity index (χ0) is 14.9. The number of hydrogen-bond acceptors (Lipinski definition) is 4. The van der Waals surface area contributed by atoms with E-state index in [-0.39, 0.29) is 11.9 Å². The molecule has 0 spiro atoms. The zero-order valence-electron chi connectivity index (χ0n) is 12.5. The van der Waals surface area contributed by atoms with Crippen molar-refractivity contribution in [2.75, 3.05) is 6.54 Å². The molecule has 6 heteroatoms. The Labute approximate surface area is 128 Å². The van der Waals surface area contributed by atoms with Gasteiger partial charge in [0, 0.05) is 24.7 Å². The Morgan fingerprint density at radius 2 is 2.18 bits per heavy atom. The Balaban J connectivity index is 1.64. The summed E-state index contributed by atoms with van der Waals surface area (Å²) in [6.07, 6.45) is 8.91. The molecule has 0 bridgehead atoms. The number of hydrogen-bond donors (Lipinski definition) is 1. The van der Waals surface area contributed by atoms with Crippen LogP contribution < -0.4 is 0 Å². The van der Waals surface area contributed by atoms with Gasteiger partial charge < -0.3 is 9.42 Å². The first kappa shape index (κ1) is 13.5. The van der Waals surface area contributed by atoms with Crippen LogP contribution in [0.4, 0.5) is 0 Å². The molecular weight excluding hydrogens is 280 g/mol. The summed E-state index contributed by atoms with van der Waals surface area (Å²) in [6, 6.07) is 2.02. The average Bonchev–Trinajstić information content (AvgIpc) is 3.24. The Morgan fingerprint density at radius 1 is 1.27 bits per heavy atom. The van der Waals surface area contributed by atoms with Crippen molar-refractivity contribution in [1.82, 2.24) is 20.3 Å². The Morgan fingerprint density at radius 3 is 3.05 bits per heavy atom. The number of nitrogens with one attached hydrogen (secondary N) is 1. The van der Waals surface area contributed by atoms with E-state index in [0.29, 0.717) is 5.69 Å². The van der Waals surface area contributed by atoms with Crippen molar-refractivity contribution < 1.29 is 9.32 Å². The molecule has 1 unspecified atom stereocenters. The molecule has 1 fully saturated rings. The number of fused-ring (bicyclic) bond motifs is 1. The number of H-pyrrole nitrogens is 1. The van der Waals surface area contributed by atoms with Gasteiger partial charge in [-0.25, -0.2) is 0 Å². The van der Waals surface area contributed by atoms with Crippen molar-refractivity contribution in [1.29, 1.82) is 0 Å². The number of likely N-dealkylation sites (tertiary alicyclic amines) is 1. The van der Waals surface area contributed by atoms with Gasteiger partial charge >= 0.3 is 0 Å². The lowest BCUT2D eigenvalue weighted by Crippen LogP contribution is -2.39. The van der Waals surface area contributed by atoms with E-state index in [4.69, 9.17) is 4.52 Å². The molecular formula is C16H20N4O2. The smallest absolute Gasteiger partial charge is 0.276 e. The molecule has 1 N–H and O–H groups in total. The quantitative estimate of drug-likeness (QED) is 0.925. The Bertz CT molecular complexity index is 662. The molecule has 2 aliphatic rings. The van der Waals surface area contributed by atoms with Crippen molar-refractivity contribution in [3.05, 3.63) is 35.0 Å². The van der Waals surface area contributed by atoms with E-state index >= 15 is 0 Å². The molecule has 0 aromatic carbocycles. The second kappa shape index (κ2) is 5.59. The van der Waals surface area contributed by atoms with Crippen LogP contribution >= 0.6 is 0 Å². The minimum atomic E-state index is 0.00574. The zero-order valence-corrected chi connectivity index (χ0v) is 12.5. The number of carbonyl (C=O) groups excluding carboxylic acids is 1. The SMILES string of the molecule is O=C(c1noc2c1CCCC2)N1CCCCC1c1ccn[nH]1. The van der Waals surface area contributed by atoms with E-state index < -0.39 is 0 Å². The number of piperidine rings is 1. The van der Waals surface area contributed by atoms with Gasteiger partial charge in [0.25, 0.3) is 5.91 Å². The van der Waals surface area contributed by atoms with Crippen molar-refractivity contribution in [2.45, 2.75) is 51.0 Å². The van der Waals surface area contributed by atoms with E-state index in [1.807, 2.05) is 11.0 Å². The molecule has 4 rings (SSSR count). The highest BCUT2D eigenvalue weighted by Gasteiger charge is 2.33. The van der Waals surface area contributed by atoms with Gasteiger partial charge in [0.1, 0.15) is 5.76 Å². The van der Waals surface area contributed by atoms with Crippen LogP contribution in [0.25, 0.3) is 0 Å². The normalized spacial score (nSPS) is 21.6. The van der Waals surface area contributed by atoms with E-state index in [0.717, 1.165) is 68.5 Å². The molecule has 116 valence electrons. The predicted molar refractivity (Wildman–Crippen MR) is 79.4 cm³/mol. The maximum atomic E-state index is 13.0. The van der Waals surface area contributed by atoms with Gasteiger partial charge in [-0.05, 0) is 44.6 Å². The Kier molecular flexibility index (Phi) is 3.44. The van der Waals surface area contributed by atoms with Gasteiger partial charge in [-0.2, -0.15) is 5.10 Å². The number of aryl methyl sites for hydroxylation is 1. The number of aromatic amines is 1. The molecule has 0 saturated carbocycles. The van der Waals surface area contributed by atoms with Crippen molar-refractivity contribution in [3.63, 3.8) is 0 Å². The number of amides is 1. The number of rotatable bonds is 2. The molecule has 1 aliphatic heterocycles. The largest absolute Gasteiger partial charge is 0.360 e. The van der Waals surface area contributed by atoms with Crippen molar-refractivity contribution in [2.24, 2.45) is 0 Å². The summed E-state index contributed by atoms with van der Waals surface area (Å²) < 4.78 is 5.41. The molecule has 3 heterocycles. The lowest BCUT2D eigenvalue weighted by atomic mass is 9.94. The highest BCUT2D eigenvalue weighted by atomic mass is 16.5. The summed E-state index contributed by atoms with van der Waals surface area (Å²) in [5.41, 5.74) is 2.57. The van der Waals surface area contributed by atoms with Crippen LogP contribution in [0.2, 0.25) is 0 Å². The summed E-state index contributed by atoms with van der Waals surface area (Å²) in [5.74, 6) is 0.913. The first-order valence-corrected chi connectivity index (χ1v) is 8.12. The highest BCUT2D eigenvalue weighted by Crippen LogP contribution is 2.32. The van der Waals surface area contributed by atoms with E-state index in [1.165, 1.54) is 0 Å². The molecule has 6 nitrogen and oxygen atoms in total. The fraction of sp³-hybridized carbons (Fsp3) is 0.562. The first-order chi connectivity index (χ1) is 10.8. The summed E-state index contributed by atoms with van der Waals surface area (Å²) in [6.45, 7) is 0.768. The lowest BCUT2D eigenvalue weighted by Gasteiger charge is -2.34. The minimum Gasteiger partial charge on any atom is -0.360 e. The number of carbonyl (C=O) groups is 1. The minimum absolute atomic E-state index is 0.00574. The van der Waals surface area contributed by atoms with Gasteiger partial charge in [0.15, 0.2) is 5.69 Å². The number of nitrogens with zero attached hydrogens (tertiary/aromatic N) is 3. The first-order valence-electron chi connectivity index (χ1n) is 8.12. The summed E-state index contributed by atoms with van der Waals surface area (Å²) in [7, 11) is 0. The van der Waals surface area contributed by atoms with Crippen molar-refractivity contribution >= 4 is 5.91 Å². The maximum absolute atomic E-state index is 13.0. The third-order valence-electron chi connectivity index (χ3n) is 4.80.